The van der Waals surface area contributed by atoms with Crippen LogP contribution in [0.3, 0.4) is 0 Å². The average Bonchev–Trinajstić information content (AvgIpc) is 3.18. The topological polar surface area (TPSA) is 109 Å². The minimum Gasteiger partial charge on any atom is -0.497 e. The Hall–Kier alpha value is -4.34. The molecule has 1 amide bonds. The Morgan fingerprint density at radius 1 is 1.00 bits per heavy atom. The molecule has 0 radical (unpaired) electrons. The predicted molar refractivity (Wildman–Crippen MR) is 130 cm³/mol. The van der Waals surface area contributed by atoms with E-state index >= 15 is 0 Å². The molecule has 2 aromatic heterocycles. The molecule has 4 rings (SSSR count). The van der Waals surface area contributed by atoms with Crippen molar-refractivity contribution in [3.8, 4) is 28.5 Å². The summed E-state index contributed by atoms with van der Waals surface area (Å²) in [6.07, 6.45) is 0. The van der Waals surface area contributed by atoms with Crippen molar-refractivity contribution < 1.29 is 19.0 Å². The smallest absolute Gasteiger partial charge is 0.352 e. The molecule has 2 heterocycles. The van der Waals surface area contributed by atoms with Gasteiger partial charge >= 0.3 is 5.69 Å². The number of aryl methyl sites for hydroxylation is 1. The molecule has 1 N–H and O–H groups in total. The molecule has 0 unspecified atom stereocenters. The van der Waals surface area contributed by atoms with Crippen LogP contribution in [-0.2, 0) is 11.3 Å². The van der Waals surface area contributed by atoms with Gasteiger partial charge in [0.05, 0.1) is 33.1 Å². The highest BCUT2D eigenvalue weighted by Gasteiger charge is 2.17. The second-order valence-electron chi connectivity index (χ2n) is 7.95. The molecule has 4 aromatic rings. The van der Waals surface area contributed by atoms with Gasteiger partial charge in [0, 0.05) is 11.6 Å². The second kappa shape index (κ2) is 9.88. The summed E-state index contributed by atoms with van der Waals surface area (Å²) in [7, 11) is 4.72. The first-order valence-electron chi connectivity index (χ1n) is 11.0. The van der Waals surface area contributed by atoms with Crippen molar-refractivity contribution in [1.29, 1.82) is 0 Å². The van der Waals surface area contributed by atoms with Crippen LogP contribution < -0.4 is 25.2 Å². The molecule has 0 aliphatic heterocycles. The molecule has 182 valence electrons. The lowest BCUT2D eigenvalue weighted by molar-refractivity contribution is -0.122. The number of amides is 1. The molecule has 0 spiro atoms. The van der Waals surface area contributed by atoms with E-state index < -0.39 is 5.69 Å². The predicted octanol–water partition coefficient (Wildman–Crippen LogP) is 2.77. The van der Waals surface area contributed by atoms with E-state index in [1.54, 1.807) is 46.5 Å². The zero-order valence-electron chi connectivity index (χ0n) is 20.2. The molecular formula is C25H27N5O5. The second-order valence-corrected chi connectivity index (χ2v) is 7.95. The fraction of sp³-hybridized carbons (Fsp3) is 0.280. The number of ether oxygens (including phenoxy) is 3. The lowest BCUT2D eigenvalue weighted by Crippen LogP contribution is -2.34. The average molecular weight is 478 g/mol. The number of aromatic nitrogens is 4. The highest BCUT2D eigenvalue weighted by atomic mass is 16.5. The molecule has 0 fully saturated rings. The van der Waals surface area contributed by atoms with Crippen LogP contribution in [0, 0.1) is 6.92 Å². The molecule has 35 heavy (non-hydrogen) atoms. The van der Waals surface area contributed by atoms with E-state index in [2.05, 4.69) is 15.4 Å². The fourth-order valence-corrected chi connectivity index (χ4v) is 3.84. The van der Waals surface area contributed by atoms with Crippen molar-refractivity contribution in [2.75, 3.05) is 21.3 Å². The Bertz CT molecular complexity index is 1420. The fourth-order valence-electron chi connectivity index (χ4n) is 3.84. The van der Waals surface area contributed by atoms with Crippen molar-refractivity contribution in [2.24, 2.45) is 0 Å². The van der Waals surface area contributed by atoms with Gasteiger partial charge in [0.15, 0.2) is 17.1 Å². The number of hydrogen-bond donors (Lipinski definition) is 1. The summed E-state index contributed by atoms with van der Waals surface area (Å²) in [5.74, 6) is 2.03. The van der Waals surface area contributed by atoms with Crippen molar-refractivity contribution in [3.05, 3.63) is 70.4 Å². The van der Waals surface area contributed by atoms with Crippen LogP contribution in [0.25, 0.3) is 16.9 Å². The Kier molecular flexibility index (Phi) is 6.72. The number of rotatable bonds is 8. The summed E-state index contributed by atoms with van der Waals surface area (Å²) < 4.78 is 18.3. The number of carbonyl (C=O) groups excluding carboxylic acids is 1. The highest BCUT2D eigenvalue weighted by Crippen LogP contribution is 2.30. The minimum absolute atomic E-state index is 0.227. The Balaban J connectivity index is 1.55. The molecule has 2 aromatic carbocycles. The third-order valence-electron chi connectivity index (χ3n) is 5.70. The van der Waals surface area contributed by atoms with Gasteiger partial charge in [-0.2, -0.15) is 0 Å². The molecule has 0 saturated heterocycles. The number of nitrogens with zero attached hydrogens (tertiary/aromatic N) is 4. The van der Waals surface area contributed by atoms with Gasteiger partial charge in [-0.25, -0.2) is 18.9 Å². The molecule has 10 heteroatoms. The molecule has 0 aliphatic carbocycles. The summed E-state index contributed by atoms with van der Waals surface area (Å²) in [4.78, 5) is 30.2. The SMILES string of the molecule is COc1ccc(-c2cc3nn(CC(=O)N[C@@H](C)c4ccc(OC)c(OC)c4)c(=O)n3c(C)n2)cc1. The first kappa shape index (κ1) is 23.8. The molecule has 0 bridgehead atoms. The summed E-state index contributed by atoms with van der Waals surface area (Å²) in [6.45, 7) is 3.35. The summed E-state index contributed by atoms with van der Waals surface area (Å²) in [6, 6.07) is 14.3. The van der Waals surface area contributed by atoms with Gasteiger partial charge in [-0.3, -0.25) is 4.79 Å². The number of fused-ring (bicyclic) bond motifs is 1. The van der Waals surface area contributed by atoms with Gasteiger partial charge < -0.3 is 19.5 Å². The lowest BCUT2D eigenvalue weighted by atomic mass is 10.1. The largest absolute Gasteiger partial charge is 0.497 e. The van der Waals surface area contributed by atoms with Crippen LogP contribution in [0.5, 0.6) is 17.2 Å². The number of hydrogen-bond acceptors (Lipinski definition) is 7. The van der Waals surface area contributed by atoms with Crippen molar-refractivity contribution in [1.82, 2.24) is 24.5 Å². The number of carbonyl (C=O) groups is 1. The third-order valence-corrected chi connectivity index (χ3v) is 5.70. The van der Waals surface area contributed by atoms with Crippen LogP contribution in [-0.4, -0.2) is 46.4 Å². The molecule has 0 aliphatic rings. The van der Waals surface area contributed by atoms with E-state index in [-0.39, 0.29) is 18.5 Å². The first-order valence-corrected chi connectivity index (χ1v) is 11.0. The van der Waals surface area contributed by atoms with Crippen LogP contribution in [0.4, 0.5) is 0 Å². The molecular weight excluding hydrogens is 450 g/mol. The van der Waals surface area contributed by atoms with E-state index in [9.17, 15) is 9.59 Å². The standard InChI is InChI=1S/C25H27N5O5/c1-15(18-8-11-21(34-4)22(12-18)35-5)26-24(31)14-29-25(32)30-16(2)27-20(13-23(30)28-29)17-6-9-19(33-3)10-7-17/h6-13,15H,14H2,1-5H3,(H,26,31)/t15-/m0/s1. The van der Waals surface area contributed by atoms with Gasteiger partial charge in [-0.1, -0.05) is 6.07 Å². The van der Waals surface area contributed by atoms with Crippen LogP contribution in [0.1, 0.15) is 24.4 Å². The normalized spacial score (nSPS) is 11.8. The van der Waals surface area contributed by atoms with Gasteiger partial charge in [0.25, 0.3) is 0 Å². The molecule has 0 saturated carbocycles. The van der Waals surface area contributed by atoms with Crippen LogP contribution >= 0.6 is 0 Å². The van der Waals surface area contributed by atoms with E-state index in [1.165, 1.54) is 4.40 Å². The van der Waals surface area contributed by atoms with E-state index in [4.69, 9.17) is 14.2 Å². The number of nitrogens with one attached hydrogen (secondary N) is 1. The van der Waals surface area contributed by atoms with Gasteiger partial charge in [0.1, 0.15) is 18.1 Å². The number of methoxy groups -OCH3 is 3. The number of benzene rings is 2. The zero-order chi connectivity index (χ0) is 25.1. The lowest BCUT2D eigenvalue weighted by Gasteiger charge is -2.16. The van der Waals surface area contributed by atoms with Crippen molar-refractivity contribution >= 4 is 11.6 Å². The van der Waals surface area contributed by atoms with Gasteiger partial charge in [-0.15, -0.1) is 5.10 Å². The van der Waals surface area contributed by atoms with Crippen molar-refractivity contribution in [2.45, 2.75) is 26.4 Å². The summed E-state index contributed by atoms with van der Waals surface area (Å²) in [5.41, 5.74) is 2.35. The maximum absolute atomic E-state index is 12.9. The highest BCUT2D eigenvalue weighted by molar-refractivity contribution is 5.76. The van der Waals surface area contributed by atoms with Crippen LogP contribution in [0.15, 0.2) is 53.3 Å². The Labute approximate surface area is 202 Å². The van der Waals surface area contributed by atoms with Crippen molar-refractivity contribution in [3.63, 3.8) is 0 Å². The van der Waals surface area contributed by atoms with E-state index in [1.807, 2.05) is 37.3 Å². The first-order chi connectivity index (χ1) is 16.8. The Morgan fingerprint density at radius 3 is 2.37 bits per heavy atom. The quantitative estimate of drug-likeness (QED) is 0.416. The minimum atomic E-state index is -0.430. The van der Waals surface area contributed by atoms with Crippen LogP contribution in [0.2, 0.25) is 0 Å². The summed E-state index contributed by atoms with van der Waals surface area (Å²) in [5, 5.41) is 7.26. The van der Waals surface area contributed by atoms with E-state index in [0.717, 1.165) is 21.6 Å². The maximum Gasteiger partial charge on any atom is 0.352 e. The van der Waals surface area contributed by atoms with Gasteiger partial charge in [0.2, 0.25) is 5.91 Å². The maximum atomic E-state index is 12.9. The molecule has 10 nitrogen and oxygen atoms in total. The van der Waals surface area contributed by atoms with E-state index in [0.29, 0.717) is 28.7 Å². The zero-order valence-corrected chi connectivity index (χ0v) is 20.2. The Morgan fingerprint density at radius 2 is 1.71 bits per heavy atom. The summed E-state index contributed by atoms with van der Waals surface area (Å²) >= 11 is 0. The monoisotopic (exact) mass is 477 g/mol. The molecule has 1 atom stereocenters. The third kappa shape index (κ3) is 4.81. The van der Waals surface area contributed by atoms with Gasteiger partial charge in [-0.05, 0) is 55.8 Å².